The first-order valence-electron chi connectivity index (χ1n) is 4.82. The van der Waals surface area contributed by atoms with E-state index >= 15 is 0 Å². The van der Waals surface area contributed by atoms with Gasteiger partial charge in [0.2, 0.25) is 0 Å². The number of rotatable bonds is 1. The first-order chi connectivity index (χ1) is 6.81. The maximum atomic E-state index is 5.97. The molecule has 0 N–H and O–H groups in total. The molecule has 0 unspecified atom stereocenters. The Hall–Kier alpha value is -0.950. The number of aryl methyl sites for hydroxylation is 1. The fraction of sp³-hybridized carbons (Fsp3) is 0.333. The molecule has 1 aliphatic carbocycles. The smallest absolute Gasteiger partial charge is 0.0862 e. The Morgan fingerprint density at radius 1 is 1.36 bits per heavy atom. The van der Waals surface area contributed by atoms with Crippen LogP contribution in [-0.2, 0) is 11.2 Å². The Morgan fingerprint density at radius 3 is 3.00 bits per heavy atom. The summed E-state index contributed by atoms with van der Waals surface area (Å²) in [5.74, 6) is 0. The lowest BCUT2D eigenvalue weighted by Gasteiger charge is -2.18. The van der Waals surface area contributed by atoms with Crippen LogP contribution in [0.1, 0.15) is 24.0 Å². The van der Waals surface area contributed by atoms with Crippen molar-refractivity contribution in [3.8, 4) is 0 Å². The summed E-state index contributed by atoms with van der Waals surface area (Å²) in [4.78, 5) is 0. The van der Waals surface area contributed by atoms with Gasteiger partial charge in [-0.05, 0) is 48.1 Å². The highest BCUT2D eigenvalue weighted by atomic mass is 35.5. The predicted octanol–water partition coefficient (Wildman–Crippen LogP) is 3.66. The van der Waals surface area contributed by atoms with Crippen LogP contribution < -0.4 is 0 Å². The fourth-order valence-electron chi connectivity index (χ4n) is 1.93. The summed E-state index contributed by atoms with van der Waals surface area (Å²) < 4.78 is 5.07. The molecule has 2 rings (SSSR count). The number of benzene rings is 1. The second kappa shape index (κ2) is 4.05. The van der Waals surface area contributed by atoms with Crippen LogP contribution >= 0.6 is 11.6 Å². The summed E-state index contributed by atoms with van der Waals surface area (Å²) in [6.07, 6.45) is 5.26. The van der Waals surface area contributed by atoms with Gasteiger partial charge in [0.15, 0.2) is 0 Å². The van der Waals surface area contributed by atoms with Crippen LogP contribution in [0.5, 0.6) is 0 Å². The molecule has 2 heteroatoms. The number of halogens is 1. The molecule has 1 aromatic carbocycles. The van der Waals surface area contributed by atoms with Gasteiger partial charge in [0.1, 0.15) is 0 Å². The monoisotopic (exact) mass is 208 g/mol. The van der Waals surface area contributed by atoms with Crippen molar-refractivity contribution in [2.45, 2.75) is 19.3 Å². The van der Waals surface area contributed by atoms with Crippen LogP contribution in [0, 0.1) is 0 Å². The summed E-state index contributed by atoms with van der Waals surface area (Å²) in [6, 6.07) is 6.09. The maximum Gasteiger partial charge on any atom is 0.0862 e. The SMILES string of the molecule is CO/C=C1\CCCc2ccc(Cl)cc21. The van der Waals surface area contributed by atoms with Crippen molar-refractivity contribution in [1.82, 2.24) is 0 Å². The van der Waals surface area contributed by atoms with Crippen molar-refractivity contribution >= 4 is 17.2 Å². The standard InChI is InChI=1S/C12H13ClO/c1-14-8-10-4-2-3-9-5-6-11(13)7-12(9)10/h5-8H,2-4H2,1H3/b10-8+. The lowest BCUT2D eigenvalue weighted by atomic mass is 9.88. The molecule has 0 atom stereocenters. The number of methoxy groups -OCH3 is 1. The molecule has 0 saturated carbocycles. The van der Waals surface area contributed by atoms with E-state index in [-0.39, 0.29) is 0 Å². The number of allylic oxidation sites excluding steroid dienone is 1. The highest BCUT2D eigenvalue weighted by Gasteiger charge is 2.14. The van der Waals surface area contributed by atoms with Gasteiger partial charge >= 0.3 is 0 Å². The number of hydrogen-bond acceptors (Lipinski definition) is 1. The minimum absolute atomic E-state index is 0.799. The molecule has 14 heavy (non-hydrogen) atoms. The van der Waals surface area contributed by atoms with E-state index in [0.717, 1.165) is 17.9 Å². The third-order valence-corrected chi connectivity index (χ3v) is 2.81. The van der Waals surface area contributed by atoms with Crippen LogP contribution in [0.3, 0.4) is 0 Å². The quantitative estimate of drug-likeness (QED) is 0.640. The minimum Gasteiger partial charge on any atom is -0.504 e. The Kier molecular flexibility index (Phi) is 2.78. The number of hydrogen-bond donors (Lipinski definition) is 0. The second-order valence-corrected chi connectivity index (χ2v) is 3.97. The first kappa shape index (κ1) is 9.60. The average Bonchev–Trinajstić information content (AvgIpc) is 2.19. The Labute approximate surface area is 89.3 Å². The van der Waals surface area contributed by atoms with Crippen LogP contribution in [0.25, 0.3) is 5.57 Å². The molecule has 0 radical (unpaired) electrons. The lowest BCUT2D eigenvalue weighted by Crippen LogP contribution is -2.01. The van der Waals surface area contributed by atoms with E-state index < -0.39 is 0 Å². The van der Waals surface area contributed by atoms with Gasteiger partial charge in [0, 0.05) is 5.02 Å². The summed E-state index contributed by atoms with van der Waals surface area (Å²) in [5, 5.41) is 0.799. The summed E-state index contributed by atoms with van der Waals surface area (Å²) in [6.45, 7) is 0. The van der Waals surface area contributed by atoms with E-state index in [1.165, 1.54) is 23.1 Å². The van der Waals surface area contributed by atoms with Gasteiger partial charge in [-0.3, -0.25) is 0 Å². The van der Waals surface area contributed by atoms with Crippen molar-refractivity contribution in [3.05, 3.63) is 40.6 Å². The largest absolute Gasteiger partial charge is 0.504 e. The summed E-state index contributed by atoms with van der Waals surface area (Å²) in [5.41, 5.74) is 3.89. The zero-order chi connectivity index (χ0) is 9.97. The van der Waals surface area contributed by atoms with Crippen molar-refractivity contribution < 1.29 is 4.74 Å². The highest BCUT2D eigenvalue weighted by molar-refractivity contribution is 6.30. The van der Waals surface area contributed by atoms with Gasteiger partial charge in [-0.1, -0.05) is 17.7 Å². The van der Waals surface area contributed by atoms with E-state index in [1.807, 2.05) is 18.4 Å². The van der Waals surface area contributed by atoms with Crippen molar-refractivity contribution in [2.75, 3.05) is 7.11 Å². The molecule has 0 spiro atoms. The van der Waals surface area contributed by atoms with Crippen LogP contribution in [0.15, 0.2) is 24.5 Å². The number of fused-ring (bicyclic) bond motifs is 1. The van der Waals surface area contributed by atoms with Crippen LogP contribution in [0.4, 0.5) is 0 Å². The number of ether oxygens (including phenoxy) is 1. The molecule has 0 bridgehead atoms. The minimum atomic E-state index is 0.799. The second-order valence-electron chi connectivity index (χ2n) is 3.53. The molecule has 0 aromatic heterocycles. The normalized spacial score (nSPS) is 18.0. The van der Waals surface area contributed by atoms with Crippen molar-refractivity contribution in [2.24, 2.45) is 0 Å². The third kappa shape index (κ3) is 1.78. The van der Waals surface area contributed by atoms with Crippen molar-refractivity contribution in [3.63, 3.8) is 0 Å². The van der Waals surface area contributed by atoms with E-state index in [0.29, 0.717) is 0 Å². The van der Waals surface area contributed by atoms with Gasteiger partial charge in [-0.25, -0.2) is 0 Å². The van der Waals surface area contributed by atoms with E-state index in [4.69, 9.17) is 16.3 Å². The molecule has 0 amide bonds. The highest BCUT2D eigenvalue weighted by Crippen LogP contribution is 2.32. The third-order valence-electron chi connectivity index (χ3n) is 2.57. The van der Waals surface area contributed by atoms with Gasteiger partial charge < -0.3 is 4.74 Å². The molecular formula is C12H13ClO. The van der Waals surface area contributed by atoms with Crippen LogP contribution in [0.2, 0.25) is 5.02 Å². The lowest BCUT2D eigenvalue weighted by molar-refractivity contribution is 0.338. The topological polar surface area (TPSA) is 9.23 Å². The van der Waals surface area contributed by atoms with Gasteiger partial charge in [-0.2, -0.15) is 0 Å². The molecule has 0 aliphatic heterocycles. The Balaban J connectivity index is 2.47. The van der Waals surface area contributed by atoms with Crippen molar-refractivity contribution in [1.29, 1.82) is 0 Å². The maximum absolute atomic E-state index is 5.97. The summed E-state index contributed by atoms with van der Waals surface area (Å²) in [7, 11) is 1.69. The molecule has 0 heterocycles. The zero-order valence-corrected chi connectivity index (χ0v) is 8.97. The zero-order valence-electron chi connectivity index (χ0n) is 8.22. The molecule has 1 aliphatic rings. The average molecular weight is 209 g/mol. The van der Waals surface area contributed by atoms with Gasteiger partial charge in [0.05, 0.1) is 13.4 Å². The molecule has 0 fully saturated rings. The first-order valence-corrected chi connectivity index (χ1v) is 5.19. The van der Waals surface area contributed by atoms with E-state index in [1.54, 1.807) is 7.11 Å². The van der Waals surface area contributed by atoms with E-state index in [2.05, 4.69) is 6.07 Å². The molecule has 74 valence electrons. The Bertz CT molecular complexity index is 369. The summed E-state index contributed by atoms with van der Waals surface area (Å²) >= 11 is 5.97. The van der Waals surface area contributed by atoms with Gasteiger partial charge in [-0.15, -0.1) is 0 Å². The van der Waals surface area contributed by atoms with E-state index in [9.17, 15) is 0 Å². The fourth-order valence-corrected chi connectivity index (χ4v) is 2.11. The van der Waals surface area contributed by atoms with Gasteiger partial charge in [0.25, 0.3) is 0 Å². The molecule has 1 nitrogen and oxygen atoms in total. The predicted molar refractivity (Wildman–Crippen MR) is 59.4 cm³/mol. The molecule has 0 saturated heterocycles. The molecule has 1 aromatic rings. The Morgan fingerprint density at radius 2 is 2.21 bits per heavy atom. The molecular weight excluding hydrogens is 196 g/mol. The van der Waals surface area contributed by atoms with Crippen LogP contribution in [-0.4, -0.2) is 7.11 Å².